The Morgan fingerprint density at radius 1 is 0.871 bits per heavy atom. The van der Waals surface area contributed by atoms with Gasteiger partial charge in [0.1, 0.15) is 12.0 Å². The number of benzene rings is 3. The highest BCUT2D eigenvalue weighted by Crippen LogP contribution is 2.29. The first-order valence-electron chi connectivity index (χ1n) is 9.74. The van der Waals surface area contributed by atoms with Crippen molar-refractivity contribution in [3.8, 4) is 34.2 Å². The number of hydrogen-bond donors (Lipinski definition) is 1. The maximum atomic E-state index is 12.6. The molecule has 0 spiro atoms. The van der Waals surface area contributed by atoms with Crippen molar-refractivity contribution in [2.75, 3.05) is 19.5 Å². The van der Waals surface area contributed by atoms with Crippen LogP contribution in [0.2, 0.25) is 0 Å². The number of ether oxygens (including phenoxy) is 2. The van der Waals surface area contributed by atoms with Gasteiger partial charge in [-0.15, -0.1) is 0 Å². The number of oxazole rings is 1. The highest BCUT2D eigenvalue weighted by atomic mass is 16.5. The van der Waals surface area contributed by atoms with E-state index in [1.807, 2.05) is 55.5 Å². The SMILES string of the molecule is COc1ccc(C(=O)Nc2ccc(-c3nc(-c4ccc(C)cc4)co3)cc2)cc1OC. The fourth-order valence-corrected chi connectivity index (χ4v) is 3.14. The van der Waals surface area contributed by atoms with E-state index in [0.717, 1.165) is 16.8 Å². The van der Waals surface area contributed by atoms with Crippen molar-refractivity contribution in [1.29, 1.82) is 0 Å². The van der Waals surface area contributed by atoms with Crippen LogP contribution < -0.4 is 14.8 Å². The molecule has 3 aromatic carbocycles. The predicted molar refractivity (Wildman–Crippen MR) is 120 cm³/mol. The Balaban J connectivity index is 1.47. The third-order valence-corrected chi connectivity index (χ3v) is 4.89. The van der Waals surface area contributed by atoms with Crippen LogP contribution in [0.25, 0.3) is 22.7 Å². The summed E-state index contributed by atoms with van der Waals surface area (Å²) in [4.78, 5) is 17.2. The van der Waals surface area contributed by atoms with Crippen LogP contribution in [0, 0.1) is 6.92 Å². The molecular weight excluding hydrogens is 392 g/mol. The van der Waals surface area contributed by atoms with Gasteiger partial charge in [-0.2, -0.15) is 0 Å². The number of nitrogens with zero attached hydrogens (tertiary/aromatic N) is 1. The van der Waals surface area contributed by atoms with Gasteiger partial charge in [0, 0.05) is 22.4 Å². The standard InChI is InChI=1S/C25H22N2O4/c1-16-4-6-17(7-5-16)21-15-31-25(27-21)18-8-11-20(12-9-18)26-24(28)19-10-13-22(29-2)23(14-19)30-3/h4-15H,1-3H3,(H,26,28). The molecule has 6 nitrogen and oxygen atoms in total. The Morgan fingerprint density at radius 2 is 1.55 bits per heavy atom. The molecule has 0 aliphatic carbocycles. The summed E-state index contributed by atoms with van der Waals surface area (Å²) < 4.78 is 16.1. The van der Waals surface area contributed by atoms with Crippen LogP contribution in [-0.4, -0.2) is 25.1 Å². The summed E-state index contributed by atoms with van der Waals surface area (Å²) in [7, 11) is 3.09. The first kappa shape index (κ1) is 20.2. The van der Waals surface area contributed by atoms with E-state index in [4.69, 9.17) is 13.9 Å². The molecule has 0 unspecified atom stereocenters. The number of anilines is 1. The molecule has 1 N–H and O–H groups in total. The second kappa shape index (κ2) is 8.75. The minimum atomic E-state index is -0.244. The maximum Gasteiger partial charge on any atom is 0.255 e. The Labute approximate surface area is 180 Å². The Morgan fingerprint density at radius 3 is 2.23 bits per heavy atom. The second-order valence-electron chi connectivity index (χ2n) is 7.01. The van der Waals surface area contributed by atoms with Crippen molar-refractivity contribution in [1.82, 2.24) is 4.98 Å². The van der Waals surface area contributed by atoms with Crippen molar-refractivity contribution in [3.63, 3.8) is 0 Å². The monoisotopic (exact) mass is 414 g/mol. The number of hydrogen-bond acceptors (Lipinski definition) is 5. The van der Waals surface area contributed by atoms with E-state index in [1.54, 1.807) is 31.6 Å². The van der Waals surface area contributed by atoms with Gasteiger partial charge in [-0.3, -0.25) is 4.79 Å². The quantitative estimate of drug-likeness (QED) is 0.445. The number of carbonyl (C=O) groups is 1. The van der Waals surface area contributed by atoms with Gasteiger partial charge in [0.25, 0.3) is 5.91 Å². The van der Waals surface area contributed by atoms with Gasteiger partial charge < -0.3 is 19.2 Å². The van der Waals surface area contributed by atoms with Crippen molar-refractivity contribution >= 4 is 11.6 Å². The summed E-state index contributed by atoms with van der Waals surface area (Å²) in [5.41, 5.74) is 4.92. The minimum Gasteiger partial charge on any atom is -0.493 e. The first-order chi connectivity index (χ1) is 15.1. The van der Waals surface area contributed by atoms with Gasteiger partial charge in [-0.25, -0.2) is 4.98 Å². The zero-order chi connectivity index (χ0) is 21.8. The summed E-state index contributed by atoms with van der Waals surface area (Å²) in [6, 6.07) is 20.5. The number of nitrogens with one attached hydrogen (secondary N) is 1. The predicted octanol–water partition coefficient (Wildman–Crippen LogP) is 5.59. The number of aryl methyl sites for hydroxylation is 1. The van der Waals surface area contributed by atoms with Crippen LogP contribution in [0.5, 0.6) is 11.5 Å². The summed E-state index contributed by atoms with van der Waals surface area (Å²) >= 11 is 0. The molecular formula is C25H22N2O4. The molecule has 0 atom stereocenters. The molecule has 6 heteroatoms. The molecule has 156 valence electrons. The van der Waals surface area contributed by atoms with Gasteiger partial charge in [0.15, 0.2) is 11.5 Å². The summed E-state index contributed by atoms with van der Waals surface area (Å²) in [5, 5.41) is 2.88. The summed E-state index contributed by atoms with van der Waals surface area (Å²) in [6.07, 6.45) is 1.65. The molecule has 4 rings (SSSR count). The van der Waals surface area contributed by atoms with E-state index < -0.39 is 0 Å². The van der Waals surface area contributed by atoms with Crippen LogP contribution in [-0.2, 0) is 0 Å². The van der Waals surface area contributed by atoms with Crippen molar-refractivity contribution in [3.05, 3.63) is 84.1 Å². The number of rotatable bonds is 6. The van der Waals surface area contributed by atoms with Crippen LogP contribution in [0.1, 0.15) is 15.9 Å². The largest absolute Gasteiger partial charge is 0.493 e. The van der Waals surface area contributed by atoms with Gasteiger partial charge in [0.05, 0.1) is 14.2 Å². The average Bonchev–Trinajstić information content (AvgIpc) is 3.29. The number of aromatic nitrogens is 1. The van der Waals surface area contributed by atoms with Gasteiger partial charge in [-0.05, 0) is 49.4 Å². The van der Waals surface area contributed by atoms with Crippen molar-refractivity contribution in [2.45, 2.75) is 6.92 Å². The second-order valence-corrected chi connectivity index (χ2v) is 7.01. The average molecular weight is 414 g/mol. The topological polar surface area (TPSA) is 73.6 Å². The van der Waals surface area contributed by atoms with E-state index in [0.29, 0.717) is 28.6 Å². The van der Waals surface area contributed by atoms with E-state index in [1.165, 1.54) is 12.7 Å². The van der Waals surface area contributed by atoms with Crippen LogP contribution in [0.15, 0.2) is 77.4 Å². The van der Waals surface area contributed by atoms with Crippen molar-refractivity contribution < 1.29 is 18.7 Å². The summed E-state index contributed by atoms with van der Waals surface area (Å²) in [6.45, 7) is 2.05. The Hall–Kier alpha value is -4.06. The molecule has 0 saturated carbocycles. The van der Waals surface area contributed by atoms with Gasteiger partial charge >= 0.3 is 0 Å². The highest BCUT2D eigenvalue weighted by molar-refractivity contribution is 6.04. The molecule has 1 heterocycles. The normalized spacial score (nSPS) is 10.5. The van der Waals surface area contributed by atoms with Crippen LogP contribution in [0.4, 0.5) is 5.69 Å². The van der Waals surface area contributed by atoms with Crippen molar-refractivity contribution in [2.24, 2.45) is 0 Å². The van der Waals surface area contributed by atoms with E-state index in [9.17, 15) is 4.79 Å². The third-order valence-electron chi connectivity index (χ3n) is 4.89. The third kappa shape index (κ3) is 4.43. The molecule has 31 heavy (non-hydrogen) atoms. The molecule has 4 aromatic rings. The fraction of sp³-hybridized carbons (Fsp3) is 0.120. The molecule has 0 bridgehead atoms. The van der Waals surface area contributed by atoms with E-state index >= 15 is 0 Å². The highest BCUT2D eigenvalue weighted by Gasteiger charge is 2.12. The molecule has 0 radical (unpaired) electrons. The zero-order valence-corrected chi connectivity index (χ0v) is 17.5. The lowest BCUT2D eigenvalue weighted by atomic mass is 10.1. The van der Waals surface area contributed by atoms with Crippen LogP contribution >= 0.6 is 0 Å². The molecule has 1 aromatic heterocycles. The lowest BCUT2D eigenvalue weighted by molar-refractivity contribution is 0.102. The number of carbonyl (C=O) groups excluding carboxylic acids is 1. The molecule has 1 amide bonds. The van der Waals surface area contributed by atoms with Gasteiger partial charge in [-0.1, -0.05) is 29.8 Å². The Bertz CT molecular complexity index is 1200. The zero-order valence-electron chi connectivity index (χ0n) is 17.5. The van der Waals surface area contributed by atoms with E-state index in [-0.39, 0.29) is 5.91 Å². The lowest BCUT2D eigenvalue weighted by Crippen LogP contribution is -2.12. The molecule has 0 saturated heterocycles. The Kier molecular flexibility index (Phi) is 5.71. The molecule has 0 aliphatic rings. The molecule has 0 aliphatic heterocycles. The first-order valence-corrected chi connectivity index (χ1v) is 9.74. The number of amides is 1. The van der Waals surface area contributed by atoms with E-state index in [2.05, 4.69) is 10.3 Å². The molecule has 0 fully saturated rings. The lowest BCUT2D eigenvalue weighted by Gasteiger charge is -2.10. The van der Waals surface area contributed by atoms with Gasteiger partial charge in [0.2, 0.25) is 5.89 Å². The maximum absolute atomic E-state index is 12.6. The summed E-state index contributed by atoms with van der Waals surface area (Å²) in [5.74, 6) is 1.35. The fourth-order valence-electron chi connectivity index (χ4n) is 3.14. The number of methoxy groups -OCH3 is 2. The smallest absolute Gasteiger partial charge is 0.255 e. The minimum absolute atomic E-state index is 0.244. The van der Waals surface area contributed by atoms with Crippen LogP contribution in [0.3, 0.4) is 0 Å².